The number of H-pyrrole nitrogens is 1. The smallest absolute Gasteiger partial charge is 0.343 e. The molecule has 2 rings (SSSR count). The fourth-order valence-corrected chi connectivity index (χ4v) is 2.13. The maximum absolute atomic E-state index is 13.0. The van der Waals surface area contributed by atoms with Gasteiger partial charge in [0, 0.05) is 12.7 Å². The number of nitrogen functional groups attached to an aromatic ring is 1. The number of aromatic amines is 1. The number of anilines is 2. The number of hydrogen-bond acceptors (Lipinski definition) is 5. The van der Waals surface area contributed by atoms with Gasteiger partial charge in [-0.2, -0.15) is 0 Å². The third-order valence-electron chi connectivity index (χ3n) is 2.45. The first-order chi connectivity index (χ1) is 9.47. The van der Waals surface area contributed by atoms with E-state index in [9.17, 15) is 14.0 Å². The van der Waals surface area contributed by atoms with E-state index in [0.29, 0.717) is 10.8 Å². The van der Waals surface area contributed by atoms with Crippen LogP contribution >= 0.6 is 11.8 Å². The van der Waals surface area contributed by atoms with E-state index < -0.39 is 5.82 Å². The molecule has 7 nitrogen and oxygen atoms in total. The third kappa shape index (κ3) is 3.18. The van der Waals surface area contributed by atoms with Crippen molar-refractivity contribution in [3.63, 3.8) is 0 Å². The van der Waals surface area contributed by atoms with Crippen LogP contribution in [0.4, 0.5) is 15.8 Å². The molecule has 0 unspecified atom stereocenters. The summed E-state index contributed by atoms with van der Waals surface area (Å²) in [7, 11) is 1.55. The first kappa shape index (κ1) is 14.1. The molecule has 0 aliphatic rings. The van der Waals surface area contributed by atoms with E-state index >= 15 is 0 Å². The quantitative estimate of drug-likeness (QED) is 0.565. The van der Waals surface area contributed by atoms with Gasteiger partial charge in [0.15, 0.2) is 5.16 Å². The van der Waals surface area contributed by atoms with Gasteiger partial charge in [-0.3, -0.25) is 9.36 Å². The number of rotatable bonds is 4. The molecule has 4 N–H and O–H groups in total. The summed E-state index contributed by atoms with van der Waals surface area (Å²) >= 11 is 1.11. The van der Waals surface area contributed by atoms with E-state index in [4.69, 9.17) is 5.73 Å². The number of nitrogens with one attached hydrogen (secondary N) is 2. The summed E-state index contributed by atoms with van der Waals surface area (Å²) < 4.78 is 14.3. The second kappa shape index (κ2) is 5.78. The van der Waals surface area contributed by atoms with Gasteiger partial charge in [-0.1, -0.05) is 11.8 Å². The Morgan fingerprint density at radius 2 is 2.35 bits per heavy atom. The number of carbonyl (C=O) groups excluding carboxylic acids is 1. The standard InChI is InChI=1S/C11H12FN5O2S/c1-17-10(19)15-16-11(17)20-5-9(18)14-6-2-3-7(12)8(13)4-6/h2-4H,5,13H2,1H3,(H,14,18)(H,15,19). The molecule has 0 atom stereocenters. The first-order valence-electron chi connectivity index (χ1n) is 5.56. The number of hydrogen-bond donors (Lipinski definition) is 3. The molecular formula is C11H12FN5O2S. The summed E-state index contributed by atoms with van der Waals surface area (Å²) in [5.74, 6) is -0.782. The van der Waals surface area contributed by atoms with Gasteiger partial charge in [0.1, 0.15) is 5.82 Å². The largest absolute Gasteiger partial charge is 0.396 e. The molecule has 0 saturated heterocycles. The van der Waals surface area contributed by atoms with Gasteiger partial charge in [-0.15, -0.1) is 5.10 Å². The van der Waals surface area contributed by atoms with E-state index in [1.54, 1.807) is 7.05 Å². The van der Waals surface area contributed by atoms with E-state index in [2.05, 4.69) is 15.5 Å². The van der Waals surface area contributed by atoms with Crippen molar-refractivity contribution in [3.05, 3.63) is 34.5 Å². The number of benzene rings is 1. The molecule has 20 heavy (non-hydrogen) atoms. The van der Waals surface area contributed by atoms with Crippen LogP contribution in [0.2, 0.25) is 0 Å². The highest BCUT2D eigenvalue weighted by molar-refractivity contribution is 7.99. The molecule has 2 aromatic rings. The number of nitrogens with zero attached hydrogens (tertiary/aromatic N) is 2. The number of amides is 1. The molecule has 0 spiro atoms. The Kier molecular flexibility index (Phi) is 4.08. The molecular weight excluding hydrogens is 285 g/mol. The van der Waals surface area contributed by atoms with Gasteiger partial charge in [0.05, 0.1) is 11.4 Å². The predicted molar refractivity (Wildman–Crippen MR) is 74.0 cm³/mol. The maximum Gasteiger partial charge on any atom is 0.343 e. The lowest BCUT2D eigenvalue weighted by molar-refractivity contribution is -0.113. The van der Waals surface area contributed by atoms with E-state index in [-0.39, 0.29) is 23.0 Å². The zero-order chi connectivity index (χ0) is 14.7. The Balaban J connectivity index is 1.94. The average Bonchev–Trinajstić information content (AvgIpc) is 2.72. The fourth-order valence-electron chi connectivity index (χ4n) is 1.41. The van der Waals surface area contributed by atoms with Crippen molar-refractivity contribution in [2.45, 2.75) is 5.16 Å². The Hall–Kier alpha value is -2.29. The van der Waals surface area contributed by atoms with E-state index in [1.807, 2.05) is 0 Å². The minimum Gasteiger partial charge on any atom is -0.396 e. The number of nitrogens with two attached hydrogens (primary N) is 1. The first-order valence-corrected chi connectivity index (χ1v) is 6.55. The van der Waals surface area contributed by atoms with Crippen molar-refractivity contribution in [3.8, 4) is 0 Å². The van der Waals surface area contributed by atoms with Crippen LogP contribution in [0.3, 0.4) is 0 Å². The molecule has 0 aliphatic carbocycles. The minimum absolute atomic E-state index is 0.0369. The van der Waals surface area contributed by atoms with Crippen LogP contribution in [0, 0.1) is 5.82 Å². The summed E-state index contributed by atoms with van der Waals surface area (Å²) in [5, 5.41) is 9.01. The Morgan fingerprint density at radius 3 is 2.95 bits per heavy atom. The number of aromatic nitrogens is 3. The van der Waals surface area contributed by atoms with Crippen molar-refractivity contribution in [1.82, 2.24) is 14.8 Å². The summed E-state index contributed by atoms with van der Waals surface area (Å²) in [6.45, 7) is 0. The second-order valence-corrected chi connectivity index (χ2v) is 4.89. The lowest BCUT2D eigenvalue weighted by Crippen LogP contribution is -2.16. The SMILES string of the molecule is Cn1c(SCC(=O)Nc2ccc(F)c(N)c2)n[nH]c1=O. The Morgan fingerprint density at radius 1 is 1.60 bits per heavy atom. The molecule has 9 heteroatoms. The monoisotopic (exact) mass is 297 g/mol. The van der Waals surface area contributed by atoms with Crippen molar-refractivity contribution >= 4 is 29.0 Å². The number of carbonyl (C=O) groups is 1. The Bertz CT molecular complexity index is 696. The average molecular weight is 297 g/mol. The van der Waals surface area contributed by atoms with Crippen LogP contribution < -0.4 is 16.7 Å². The lowest BCUT2D eigenvalue weighted by Gasteiger charge is -2.06. The molecule has 0 bridgehead atoms. The van der Waals surface area contributed by atoms with Gasteiger partial charge in [-0.25, -0.2) is 14.3 Å². The summed E-state index contributed by atoms with van der Waals surface area (Å²) in [5.41, 5.74) is 5.42. The molecule has 1 heterocycles. The van der Waals surface area contributed by atoms with Gasteiger partial charge in [0.25, 0.3) is 0 Å². The molecule has 0 radical (unpaired) electrons. The highest BCUT2D eigenvalue weighted by Gasteiger charge is 2.09. The predicted octanol–water partition coefficient (Wildman–Crippen LogP) is 0.560. The third-order valence-corrected chi connectivity index (χ3v) is 3.48. The second-order valence-electron chi connectivity index (χ2n) is 3.94. The van der Waals surface area contributed by atoms with Crippen molar-refractivity contribution in [2.24, 2.45) is 7.05 Å². The van der Waals surface area contributed by atoms with Crippen molar-refractivity contribution in [1.29, 1.82) is 0 Å². The van der Waals surface area contributed by atoms with Crippen molar-refractivity contribution < 1.29 is 9.18 Å². The highest BCUT2D eigenvalue weighted by atomic mass is 32.2. The van der Waals surface area contributed by atoms with Crippen LogP contribution in [-0.2, 0) is 11.8 Å². The van der Waals surface area contributed by atoms with Crippen molar-refractivity contribution in [2.75, 3.05) is 16.8 Å². The summed E-state index contributed by atoms with van der Waals surface area (Å²) in [4.78, 5) is 22.8. The topological polar surface area (TPSA) is 106 Å². The number of halogens is 1. The zero-order valence-corrected chi connectivity index (χ0v) is 11.3. The maximum atomic E-state index is 13.0. The normalized spacial score (nSPS) is 10.5. The molecule has 1 aromatic carbocycles. The van der Waals surface area contributed by atoms with Crippen LogP contribution in [0.25, 0.3) is 0 Å². The summed E-state index contributed by atoms with van der Waals surface area (Å²) in [6, 6.07) is 3.93. The van der Waals surface area contributed by atoms with E-state index in [1.165, 1.54) is 22.8 Å². The fraction of sp³-hybridized carbons (Fsp3) is 0.182. The Labute approximate surface area is 117 Å². The molecule has 1 aromatic heterocycles. The van der Waals surface area contributed by atoms with Crippen LogP contribution in [-0.4, -0.2) is 26.4 Å². The highest BCUT2D eigenvalue weighted by Crippen LogP contribution is 2.17. The molecule has 106 valence electrons. The molecule has 1 amide bonds. The van der Waals surface area contributed by atoms with E-state index in [0.717, 1.165) is 11.8 Å². The minimum atomic E-state index is -0.538. The van der Waals surface area contributed by atoms with Gasteiger partial charge >= 0.3 is 5.69 Å². The molecule has 0 aliphatic heterocycles. The number of thioether (sulfide) groups is 1. The van der Waals surface area contributed by atoms with Gasteiger partial charge in [0.2, 0.25) is 5.91 Å². The molecule has 0 fully saturated rings. The van der Waals surface area contributed by atoms with Crippen LogP contribution in [0.5, 0.6) is 0 Å². The van der Waals surface area contributed by atoms with Gasteiger partial charge < -0.3 is 11.1 Å². The lowest BCUT2D eigenvalue weighted by atomic mass is 10.2. The van der Waals surface area contributed by atoms with Gasteiger partial charge in [-0.05, 0) is 18.2 Å². The zero-order valence-electron chi connectivity index (χ0n) is 10.5. The van der Waals surface area contributed by atoms with Crippen LogP contribution in [0.15, 0.2) is 28.2 Å². The van der Waals surface area contributed by atoms with Crippen LogP contribution in [0.1, 0.15) is 0 Å². The molecule has 0 saturated carbocycles. The summed E-state index contributed by atoms with van der Waals surface area (Å²) in [6.07, 6.45) is 0.